The van der Waals surface area contributed by atoms with Crippen molar-refractivity contribution in [2.24, 2.45) is 0 Å². The predicted octanol–water partition coefficient (Wildman–Crippen LogP) is 2.72. The number of aryl methyl sites for hydroxylation is 1. The zero-order chi connectivity index (χ0) is 15.9. The normalized spacial score (nSPS) is 13.9. The van der Waals surface area contributed by atoms with Gasteiger partial charge in [0.15, 0.2) is 0 Å². The van der Waals surface area contributed by atoms with Crippen LogP contribution in [0.3, 0.4) is 0 Å². The first kappa shape index (κ1) is 15.4. The van der Waals surface area contributed by atoms with E-state index >= 15 is 0 Å². The van der Waals surface area contributed by atoms with Crippen molar-refractivity contribution in [2.45, 2.75) is 12.8 Å². The summed E-state index contributed by atoms with van der Waals surface area (Å²) >= 11 is 0. The fourth-order valence-corrected chi connectivity index (χ4v) is 2.27. The average Bonchev–Trinajstić information content (AvgIpc) is 2.92. The lowest BCUT2D eigenvalue weighted by Crippen LogP contribution is -2.09. The molecule has 0 fully saturated rings. The molecule has 112 valence electrons. The van der Waals surface area contributed by atoms with Gasteiger partial charge in [-0.2, -0.15) is 0 Å². The van der Waals surface area contributed by atoms with Crippen LogP contribution < -0.4 is 0 Å². The van der Waals surface area contributed by atoms with Crippen LogP contribution in [0.15, 0.2) is 48.8 Å². The van der Waals surface area contributed by atoms with Gasteiger partial charge in [0, 0.05) is 12.4 Å². The van der Waals surface area contributed by atoms with Crippen LogP contribution in [0.1, 0.15) is 23.1 Å². The van der Waals surface area contributed by atoms with Crippen LogP contribution >= 0.6 is 0 Å². The van der Waals surface area contributed by atoms with E-state index in [1.165, 1.54) is 28.7 Å². The number of nitrogens with zero attached hydrogens (tertiary/aromatic N) is 1. The Morgan fingerprint density at radius 3 is 2.23 bits per heavy atom. The Hall–Kier alpha value is -2.95. The first-order chi connectivity index (χ1) is 10.6. The van der Waals surface area contributed by atoms with E-state index in [0.717, 1.165) is 6.42 Å². The highest BCUT2D eigenvalue weighted by Crippen LogP contribution is 2.33. The van der Waals surface area contributed by atoms with E-state index in [2.05, 4.69) is 35.3 Å². The molecule has 3 rings (SSSR count). The number of aromatic nitrogens is 1. The SMILES string of the molecule is C(=C1/CCc2ccccc21)/c1ccncc1.O=C(O)C(=O)O. The molecule has 22 heavy (non-hydrogen) atoms. The molecule has 5 heteroatoms. The summed E-state index contributed by atoms with van der Waals surface area (Å²) in [6.07, 6.45) is 8.28. The maximum Gasteiger partial charge on any atom is 0.414 e. The van der Waals surface area contributed by atoms with Gasteiger partial charge in [-0.1, -0.05) is 30.3 Å². The highest BCUT2D eigenvalue weighted by Gasteiger charge is 2.14. The van der Waals surface area contributed by atoms with Gasteiger partial charge in [0.05, 0.1) is 0 Å². The quantitative estimate of drug-likeness (QED) is 0.790. The molecule has 0 radical (unpaired) electrons. The number of allylic oxidation sites excluding steroid dienone is 1. The number of carboxylic acid groups (broad SMARTS) is 2. The van der Waals surface area contributed by atoms with E-state index in [1.807, 2.05) is 24.5 Å². The average molecular weight is 297 g/mol. The van der Waals surface area contributed by atoms with Crippen LogP contribution in [-0.2, 0) is 16.0 Å². The summed E-state index contributed by atoms with van der Waals surface area (Å²) in [6.45, 7) is 0. The maximum absolute atomic E-state index is 9.10. The number of aliphatic carboxylic acids is 2. The number of hydrogen-bond acceptors (Lipinski definition) is 3. The molecule has 0 bridgehead atoms. The monoisotopic (exact) mass is 297 g/mol. The summed E-state index contributed by atoms with van der Waals surface area (Å²) in [7, 11) is 0. The number of hydrogen-bond donors (Lipinski definition) is 2. The van der Waals surface area contributed by atoms with Gasteiger partial charge >= 0.3 is 11.9 Å². The van der Waals surface area contributed by atoms with Gasteiger partial charge in [0.25, 0.3) is 0 Å². The number of fused-ring (bicyclic) bond motifs is 1. The molecule has 1 aromatic heterocycles. The lowest BCUT2D eigenvalue weighted by Gasteiger charge is -2.00. The van der Waals surface area contributed by atoms with Crippen LogP contribution in [0.5, 0.6) is 0 Å². The zero-order valence-electron chi connectivity index (χ0n) is 11.8. The van der Waals surface area contributed by atoms with Gasteiger partial charge in [-0.3, -0.25) is 4.98 Å². The first-order valence-corrected chi connectivity index (χ1v) is 6.73. The predicted molar refractivity (Wildman–Crippen MR) is 82.1 cm³/mol. The van der Waals surface area contributed by atoms with E-state index in [-0.39, 0.29) is 0 Å². The molecule has 2 aromatic rings. The Kier molecular flexibility index (Phi) is 5.03. The number of pyridine rings is 1. The van der Waals surface area contributed by atoms with E-state index in [0.29, 0.717) is 0 Å². The fourth-order valence-electron chi connectivity index (χ4n) is 2.27. The maximum atomic E-state index is 9.10. The van der Waals surface area contributed by atoms with Crippen molar-refractivity contribution in [3.63, 3.8) is 0 Å². The summed E-state index contributed by atoms with van der Waals surface area (Å²) in [5, 5.41) is 14.8. The largest absolute Gasteiger partial charge is 0.473 e. The second-order valence-corrected chi connectivity index (χ2v) is 4.72. The zero-order valence-corrected chi connectivity index (χ0v) is 11.8. The smallest absolute Gasteiger partial charge is 0.414 e. The molecule has 0 saturated heterocycles. The molecule has 0 amide bonds. The van der Waals surface area contributed by atoms with E-state index in [4.69, 9.17) is 19.8 Å². The Morgan fingerprint density at radius 1 is 0.955 bits per heavy atom. The van der Waals surface area contributed by atoms with Crippen molar-refractivity contribution in [3.8, 4) is 0 Å². The van der Waals surface area contributed by atoms with Crippen molar-refractivity contribution >= 4 is 23.6 Å². The molecule has 2 N–H and O–H groups in total. The topological polar surface area (TPSA) is 87.5 Å². The van der Waals surface area contributed by atoms with Crippen molar-refractivity contribution in [1.29, 1.82) is 0 Å². The van der Waals surface area contributed by atoms with Gasteiger partial charge in [-0.05, 0) is 47.2 Å². The third-order valence-electron chi connectivity index (χ3n) is 3.26. The molecule has 1 aliphatic carbocycles. The van der Waals surface area contributed by atoms with Gasteiger partial charge in [0.2, 0.25) is 0 Å². The molecule has 5 nitrogen and oxygen atoms in total. The minimum Gasteiger partial charge on any atom is -0.473 e. The Labute approximate surface area is 127 Å². The van der Waals surface area contributed by atoms with Crippen molar-refractivity contribution in [1.82, 2.24) is 4.98 Å². The van der Waals surface area contributed by atoms with Crippen LogP contribution in [0.4, 0.5) is 0 Å². The summed E-state index contributed by atoms with van der Waals surface area (Å²) in [5.41, 5.74) is 5.57. The molecule has 1 heterocycles. The third-order valence-corrected chi connectivity index (χ3v) is 3.26. The first-order valence-electron chi connectivity index (χ1n) is 6.73. The van der Waals surface area contributed by atoms with Crippen LogP contribution in [0.2, 0.25) is 0 Å². The molecule has 0 unspecified atom stereocenters. The minimum absolute atomic E-state index is 1.15. The Balaban J connectivity index is 0.000000254. The second kappa shape index (κ2) is 7.17. The van der Waals surface area contributed by atoms with Crippen LogP contribution in [0.25, 0.3) is 11.6 Å². The summed E-state index contributed by atoms with van der Waals surface area (Å²) in [6, 6.07) is 12.8. The van der Waals surface area contributed by atoms with E-state index < -0.39 is 11.9 Å². The lowest BCUT2D eigenvalue weighted by atomic mass is 10.1. The van der Waals surface area contributed by atoms with Gasteiger partial charge in [-0.25, -0.2) is 9.59 Å². The standard InChI is InChI=1S/C15H13N.C2H2O4/c1-2-4-15-13(3-1)5-6-14(15)11-12-7-9-16-10-8-12;3-1(4)2(5)6/h1-4,7-11H,5-6H2;(H,3,4)(H,5,6)/b14-11+;. The molecule has 1 aliphatic rings. The van der Waals surface area contributed by atoms with Crippen molar-refractivity contribution in [3.05, 3.63) is 65.5 Å². The molecule has 1 aromatic carbocycles. The number of rotatable bonds is 1. The number of carbonyl (C=O) groups is 2. The second-order valence-electron chi connectivity index (χ2n) is 4.72. The minimum atomic E-state index is -1.82. The summed E-state index contributed by atoms with van der Waals surface area (Å²) < 4.78 is 0. The van der Waals surface area contributed by atoms with Gasteiger partial charge < -0.3 is 10.2 Å². The Bertz CT molecular complexity index is 696. The van der Waals surface area contributed by atoms with E-state index in [9.17, 15) is 0 Å². The number of benzene rings is 1. The highest BCUT2D eigenvalue weighted by atomic mass is 16.4. The summed E-state index contributed by atoms with van der Waals surface area (Å²) in [4.78, 5) is 22.2. The summed E-state index contributed by atoms with van der Waals surface area (Å²) in [5.74, 6) is -3.65. The lowest BCUT2D eigenvalue weighted by molar-refractivity contribution is -0.159. The van der Waals surface area contributed by atoms with Crippen LogP contribution in [-0.4, -0.2) is 27.1 Å². The molecule has 0 spiro atoms. The Morgan fingerprint density at radius 2 is 1.59 bits per heavy atom. The fraction of sp³-hybridized carbons (Fsp3) is 0.118. The highest BCUT2D eigenvalue weighted by molar-refractivity contribution is 6.27. The van der Waals surface area contributed by atoms with E-state index in [1.54, 1.807) is 0 Å². The molecular weight excluding hydrogens is 282 g/mol. The van der Waals surface area contributed by atoms with Crippen molar-refractivity contribution in [2.75, 3.05) is 0 Å². The van der Waals surface area contributed by atoms with Crippen molar-refractivity contribution < 1.29 is 19.8 Å². The molecule has 0 atom stereocenters. The van der Waals surface area contributed by atoms with Gasteiger partial charge in [0.1, 0.15) is 0 Å². The molecular formula is C17H15NO4. The molecule has 0 saturated carbocycles. The third kappa shape index (κ3) is 4.02. The van der Waals surface area contributed by atoms with Gasteiger partial charge in [-0.15, -0.1) is 0 Å². The molecule has 0 aliphatic heterocycles. The number of carboxylic acids is 2. The van der Waals surface area contributed by atoms with Crippen LogP contribution in [0, 0.1) is 0 Å².